The highest BCUT2D eigenvalue weighted by atomic mass is 35.5. The number of carbonyl (C=O) groups is 1. The van der Waals surface area contributed by atoms with E-state index >= 15 is 0 Å². The molecule has 2 rings (SSSR count). The van der Waals surface area contributed by atoms with E-state index in [1.54, 1.807) is 49.6 Å². The third-order valence-corrected chi connectivity index (χ3v) is 3.53. The fourth-order valence-corrected chi connectivity index (χ4v) is 2.27. The van der Waals surface area contributed by atoms with Crippen molar-refractivity contribution in [2.45, 2.75) is 6.04 Å². The van der Waals surface area contributed by atoms with Crippen LogP contribution in [0.25, 0.3) is 0 Å². The molecule has 3 N–H and O–H groups in total. The fraction of sp³-hybridized carbons (Fsp3) is 0.118. The third kappa shape index (κ3) is 5.16. The van der Waals surface area contributed by atoms with E-state index in [0.29, 0.717) is 33.5 Å². The molecule has 24 heavy (non-hydrogen) atoms. The van der Waals surface area contributed by atoms with Gasteiger partial charge in [-0.3, -0.25) is 0 Å². The molecular formula is C17H16Cl2N2O3. The number of carbonyl (C=O) groups excluding carboxylic acids is 1. The Kier molecular flexibility index (Phi) is 6.49. The Morgan fingerprint density at radius 2 is 1.83 bits per heavy atom. The van der Waals surface area contributed by atoms with Crippen LogP contribution in [0.15, 0.2) is 54.4 Å². The van der Waals surface area contributed by atoms with Gasteiger partial charge >= 0.3 is 0 Å². The maximum atomic E-state index is 10.8. The number of hydrogen-bond acceptors (Lipinski definition) is 5. The van der Waals surface area contributed by atoms with Gasteiger partial charge in [-0.1, -0.05) is 23.2 Å². The monoisotopic (exact) mass is 366 g/mol. The number of anilines is 1. The van der Waals surface area contributed by atoms with Crippen molar-refractivity contribution in [2.75, 3.05) is 12.4 Å². The fourth-order valence-electron chi connectivity index (χ4n) is 1.81. The van der Waals surface area contributed by atoms with Crippen molar-refractivity contribution in [2.24, 2.45) is 5.73 Å². The lowest BCUT2D eigenvalue weighted by Crippen LogP contribution is -2.21. The number of halogens is 2. The summed E-state index contributed by atoms with van der Waals surface area (Å²) < 4.78 is 10.8. The van der Waals surface area contributed by atoms with Crippen LogP contribution in [0, 0.1) is 0 Å². The van der Waals surface area contributed by atoms with Gasteiger partial charge in [-0.05, 0) is 42.5 Å². The van der Waals surface area contributed by atoms with Crippen molar-refractivity contribution in [3.63, 3.8) is 0 Å². The van der Waals surface area contributed by atoms with E-state index in [1.807, 2.05) is 0 Å². The zero-order valence-electron chi connectivity index (χ0n) is 12.8. The molecule has 0 bridgehead atoms. The molecule has 0 saturated heterocycles. The van der Waals surface area contributed by atoms with Gasteiger partial charge in [-0.15, -0.1) is 0 Å². The largest absolute Gasteiger partial charge is 0.497 e. The summed E-state index contributed by atoms with van der Waals surface area (Å²) in [5.74, 6) is 1.51. The molecule has 0 heterocycles. The van der Waals surface area contributed by atoms with E-state index < -0.39 is 6.04 Å². The molecule has 0 fully saturated rings. The van der Waals surface area contributed by atoms with Crippen LogP contribution < -0.4 is 20.5 Å². The quantitative estimate of drug-likeness (QED) is 0.574. The molecule has 0 aliphatic rings. The van der Waals surface area contributed by atoms with Crippen LogP contribution in [0.2, 0.25) is 10.0 Å². The van der Waals surface area contributed by atoms with Gasteiger partial charge in [0.1, 0.15) is 17.8 Å². The van der Waals surface area contributed by atoms with Crippen LogP contribution in [0.5, 0.6) is 11.5 Å². The summed E-state index contributed by atoms with van der Waals surface area (Å²) in [7, 11) is 1.58. The van der Waals surface area contributed by atoms with E-state index in [9.17, 15) is 4.79 Å². The molecule has 0 saturated carbocycles. The molecule has 0 amide bonds. The first-order valence-electron chi connectivity index (χ1n) is 6.98. The Balaban J connectivity index is 2.23. The average Bonchev–Trinajstić information content (AvgIpc) is 2.57. The van der Waals surface area contributed by atoms with E-state index in [2.05, 4.69) is 5.32 Å². The molecule has 1 atom stereocenters. The Morgan fingerprint density at radius 1 is 1.17 bits per heavy atom. The summed E-state index contributed by atoms with van der Waals surface area (Å²) in [6.07, 6.45) is 2.05. The van der Waals surface area contributed by atoms with E-state index in [0.717, 1.165) is 0 Å². The van der Waals surface area contributed by atoms with Crippen molar-refractivity contribution in [1.82, 2.24) is 0 Å². The Labute approximate surface area is 150 Å². The lowest BCUT2D eigenvalue weighted by molar-refractivity contribution is -0.108. The lowest BCUT2D eigenvalue weighted by atomic mass is 10.3. The number of hydrogen-bond donors (Lipinski definition) is 2. The SMILES string of the molecule is COc1ccc(O/C(=C/C(N)C=O)Nc2ccc(Cl)cc2Cl)cc1. The summed E-state index contributed by atoms with van der Waals surface area (Å²) in [5, 5.41) is 3.91. The molecule has 5 nitrogen and oxygen atoms in total. The van der Waals surface area contributed by atoms with Gasteiger partial charge in [-0.2, -0.15) is 0 Å². The van der Waals surface area contributed by atoms with Gasteiger partial charge in [0, 0.05) is 11.1 Å². The minimum atomic E-state index is -0.822. The first-order chi connectivity index (χ1) is 11.5. The summed E-state index contributed by atoms with van der Waals surface area (Å²) >= 11 is 12.0. The van der Waals surface area contributed by atoms with Crippen LogP contribution in [0.1, 0.15) is 0 Å². The maximum absolute atomic E-state index is 10.8. The van der Waals surface area contributed by atoms with Crippen molar-refractivity contribution >= 4 is 35.2 Å². The molecule has 2 aromatic carbocycles. The molecular weight excluding hydrogens is 351 g/mol. The van der Waals surface area contributed by atoms with E-state index in [1.165, 1.54) is 6.08 Å². The first-order valence-corrected chi connectivity index (χ1v) is 7.74. The summed E-state index contributed by atoms with van der Waals surface area (Å²) in [6, 6.07) is 11.1. The molecule has 126 valence electrons. The summed E-state index contributed by atoms with van der Waals surface area (Å²) in [4.78, 5) is 10.8. The number of rotatable bonds is 7. The zero-order chi connectivity index (χ0) is 17.5. The standard InChI is InChI=1S/C17H16Cl2N2O3/c1-23-13-3-5-14(6-4-13)24-17(9-12(20)10-22)21-16-7-2-11(18)8-15(16)19/h2-10,12,21H,20H2,1H3/b17-9+. The highest BCUT2D eigenvalue weighted by molar-refractivity contribution is 6.36. The number of methoxy groups -OCH3 is 1. The van der Waals surface area contributed by atoms with Crippen molar-refractivity contribution in [1.29, 1.82) is 0 Å². The van der Waals surface area contributed by atoms with E-state index in [4.69, 9.17) is 38.4 Å². The van der Waals surface area contributed by atoms with Crippen LogP contribution in [0.4, 0.5) is 5.69 Å². The molecule has 0 aromatic heterocycles. The number of nitrogens with two attached hydrogens (primary N) is 1. The van der Waals surface area contributed by atoms with Crippen molar-refractivity contribution < 1.29 is 14.3 Å². The van der Waals surface area contributed by atoms with Gasteiger partial charge in [0.25, 0.3) is 0 Å². The third-order valence-electron chi connectivity index (χ3n) is 2.98. The molecule has 2 aromatic rings. The Hall–Kier alpha value is -2.21. The molecule has 0 aliphatic carbocycles. The second-order valence-electron chi connectivity index (χ2n) is 4.77. The lowest BCUT2D eigenvalue weighted by Gasteiger charge is -2.15. The number of ether oxygens (including phenoxy) is 2. The highest BCUT2D eigenvalue weighted by Gasteiger charge is 2.08. The van der Waals surface area contributed by atoms with Gasteiger partial charge < -0.3 is 25.3 Å². The first kappa shape index (κ1) is 18.1. The Bertz CT molecular complexity index is 733. The van der Waals surface area contributed by atoms with Gasteiger partial charge in [0.2, 0.25) is 0 Å². The van der Waals surface area contributed by atoms with Crippen LogP contribution in [-0.2, 0) is 4.79 Å². The second-order valence-corrected chi connectivity index (χ2v) is 5.61. The van der Waals surface area contributed by atoms with Gasteiger partial charge in [0.05, 0.1) is 23.9 Å². The molecule has 0 aliphatic heterocycles. The molecule has 1 unspecified atom stereocenters. The predicted octanol–water partition coefficient (Wildman–Crippen LogP) is 3.86. The molecule has 7 heteroatoms. The number of nitrogens with one attached hydrogen (secondary N) is 1. The summed E-state index contributed by atoms with van der Waals surface area (Å²) in [5.41, 5.74) is 6.22. The normalized spacial score (nSPS) is 12.4. The molecule has 0 radical (unpaired) electrons. The van der Waals surface area contributed by atoms with Crippen LogP contribution in [-0.4, -0.2) is 19.4 Å². The van der Waals surface area contributed by atoms with Gasteiger partial charge in [-0.25, -0.2) is 0 Å². The Morgan fingerprint density at radius 3 is 2.42 bits per heavy atom. The minimum Gasteiger partial charge on any atom is -0.497 e. The smallest absolute Gasteiger partial charge is 0.195 e. The van der Waals surface area contributed by atoms with Crippen molar-refractivity contribution in [3.8, 4) is 11.5 Å². The topological polar surface area (TPSA) is 73.6 Å². The minimum absolute atomic E-state index is 0.268. The van der Waals surface area contributed by atoms with Gasteiger partial charge in [0.15, 0.2) is 5.88 Å². The maximum Gasteiger partial charge on any atom is 0.195 e. The number of benzene rings is 2. The van der Waals surface area contributed by atoms with Crippen molar-refractivity contribution in [3.05, 3.63) is 64.5 Å². The van der Waals surface area contributed by atoms with Crippen LogP contribution >= 0.6 is 23.2 Å². The molecule has 0 spiro atoms. The zero-order valence-corrected chi connectivity index (χ0v) is 14.3. The predicted molar refractivity (Wildman–Crippen MR) is 95.8 cm³/mol. The highest BCUT2D eigenvalue weighted by Crippen LogP contribution is 2.27. The number of aldehydes is 1. The average molecular weight is 367 g/mol. The second kappa shape index (κ2) is 8.59. The van der Waals surface area contributed by atoms with Crippen LogP contribution in [0.3, 0.4) is 0 Å². The summed E-state index contributed by atoms with van der Waals surface area (Å²) in [6.45, 7) is 0. The van der Waals surface area contributed by atoms with E-state index in [-0.39, 0.29) is 5.88 Å².